The van der Waals surface area contributed by atoms with Crippen molar-refractivity contribution in [1.29, 1.82) is 5.26 Å². The zero-order chi connectivity index (χ0) is 13.2. The summed E-state index contributed by atoms with van der Waals surface area (Å²) in [7, 11) is 0. The molecule has 0 aliphatic heterocycles. The molecule has 1 aromatic rings. The van der Waals surface area contributed by atoms with Crippen molar-refractivity contribution < 1.29 is 0 Å². The summed E-state index contributed by atoms with van der Waals surface area (Å²) in [6.45, 7) is 1.97. The summed E-state index contributed by atoms with van der Waals surface area (Å²) in [5.74, 6) is 0.235. The molecule has 0 aliphatic carbocycles. The van der Waals surface area contributed by atoms with Gasteiger partial charge in [0.1, 0.15) is 0 Å². The topological polar surface area (TPSA) is 104 Å². The first-order valence-corrected chi connectivity index (χ1v) is 5.84. The molecule has 0 aromatic carbocycles. The third-order valence-electron chi connectivity index (χ3n) is 2.47. The Morgan fingerprint density at radius 3 is 2.94 bits per heavy atom. The SMILES string of the molecule is N#CN=C(N)N(CCCCN)Cc1cccnc1. The molecule has 0 unspecified atom stereocenters. The highest BCUT2D eigenvalue weighted by Crippen LogP contribution is 2.04. The molecule has 18 heavy (non-hydrogen) atoms. The maximum Gasteiger partial charge on any atom is 0.209 e. The van der Waals surface area contributed by atoms with Crippen molar-refractivity contribution in [1.82, 2.24) is 9.88 Å². The smallest absolute Gasteiger partial charge is 0.209 e. The van der Waals surface area contributed by atoms with E-state index in [1.54, 1.807) is 18.6 Å². The van der Waals surface area contributed by atoms with Gasteiger partial charge in [-0.25, -0.2) is 0 Å². The van der Waals surface area contributed by atoms with Crippen LogP contribution in [0.1, 0.15) is 18.4 Å². The minimum Gasteiger partial charge on any atom is -0.369 e. The van der Waals surface area contributed by atoms with E-state index in [2.05, 4.69) is 9.98 Å². The van der Waals surface area contributed by atoms with Crippen LogP contribution in [-0.2, 0) is 6.54 Å². The predicted molar refractivity (Wildman–Crippen MR) is 70.2 cm³/mol. The van der Waals surface area contributed by atoms with Gasteiger partial charge in [0.25, 0.3) is 0 Å². The summed E-state index contributed by atoms with van der Waals surface area (Å²) in [6, 6.07) is 3.83. The van der Waals surface area contributed by atoms with Crippen LogP contribution in [0.3, 0.4) is 0 Å². The highest BCUT2D eigenvalue weighted by molar-refractivity contribution is 5.78. The molecular weight excluding hydrogens is 228 g/mol. The monoisotopic (exact) mass is 246 g/mol. The third-order valence-corrected chi connectivity index (χ3v) is 2.47. The van der Waals surface area contributed by atoms with E-state index in [-0.39, 0.29) is 5.96 Å². The first kappa shape index (κ1) is 13.9. The molecule has 0 saturated heterocycles. The maximum atomic E-state index is 8.55. The number of nitriles is 1. The molecule has 0 radical (unpaired) electrons. The summed E-state index contributed by atoms with van der Waals surface area (Å²) in [6.07, 6.45) is 7.03. The van der Waals surface area contributed by atoms with E-state index in [0.29, 0.717) is 13.1 Å². The zero-order valence-electron chi connectivity index (χ0n) is 10.3. The van der Waals surface area contributed by atoms with Gasteiger partial charge in [-0.05, 0) is 31.0 Å². The molecule has 1 rings (SSSR count). The van der Waals surface area contributed by atoms with Gasteiger partial charge in [0.2, 0.25) is 12.2 Å². The third kappa shape index (κ3) is 4.80. The van der Waals surface area contributed by atoms with Crippen molar-refractivity contribution in [3.8, 4) is 6.19 Å². The lowest BCUT2D eigenvalue weighted by Crippen LogP contribution is -2.37. The average Bonchev–Trinajstić information content (AvgIpc) is 2.39. The van der Waals surface area contributed by atoms with E-state index in [0.717, 1.165) is 24.9 Å². The molecule has 0 spiro atoms. The molecule has 0 bridgehead atoms. The lowest BCUT2D eigenvalue weighted by atomic mass is 10.2. The van der Waals surface area contributed by atoms with Crippen LogP contribution in [0, 0.1) is 11.5 Å². The van der Waals surface area contributed by atoms with Crippen LogP contribution in [0.4, 0.5) is 0 Å². The van der Waals surface area contributed by atoms with Crippen molar-refractivity contribution >= 4 is 5.96 Å². The number of pyridine rings is 1. The first-order valence-electron chi connectivity index (χ1n) is 5.84. The Balaban J connectivity index is 2.66. The van der Waals surface area contributed by atoms with Crippen molar-refractivity contribution in [3.63, 3.8) is 0 Å². The highest BCUT2D eigenvalue weighted by atomic mass is 15.2. The number of aromatic nitrogens is 1. The number of rotatable bonds is 6. The number of nitrogens with two attached hydrogens (primary N) is 2. The molecule has 4 N–H and O–H groups in total. The Kier molecular flexibility index (Phi) is 6.22. The lowest BCUT2D eigenvalue weighted by Gasteiger charge is -2.22. The van der Waals surface area contributed by atoms with E-state index in [1.807, 2.05) is 17.0 Å². The second kappa shape index (κ2) is 8.03. The van der Waals surface area contributed by atoms with Crippen LogP contribution >= 0.6 is 0 Å². The molecule has 0 saturated carbocycles. The molecule has 6 heteroatoms. The Hall–Kier alpha value is -2.13. The van der Waals surface area contributed by atoms with Crippen LogP contribution in [0.25, 0.3) is 0 Å². The molecule has 1 aromatic heterocycles. The Bertz CT molecular complexity index is 408. The second-order valence-corrected chi connectivity index (χ2v) is 3.85. The molecule has 0 amide bonds. The number of guanidine groups is 1. The van der Waals surface area contributed by atoms with Crippen molar-refractivity contribution in [3.05, 3.63) is 30.1 Å². The number of hydrogen-bond donors (Lipinski definition) is 2. The van der Waals surface area contributed by atoms with Crippen LogP contribution in [0.15, 0.2) is 29.5 Å². The second-order valence-electron chi connectivity index (χ2n) is 3.85. The first-order chi connectivity index (χ1) is 8.77. The minimum atomic E-state index is 0.235. The minimum absolute atomic E-state index is 0.235. The van der Waals surface area contributed by atoms with Gasteiger partial charge in [0.15, 0.2) is 0 Å². The molecule has 96 valence electrons. The summed E-state index contributed by atoms with van der Waals surface area (Å²) in [5.41, 5.74) is 12.2. The van der Waals surface area contributed by atoms with Gasteiger partial charge in [-0.2, -0.15) is 5.26 Å². The van der Waals surface area contributed by atoms with Gasteiger partial charge in [0.05, 0.1) is 0 Å². The maximum absolute atomic E-state index is 8.55. The van der Waals surface area contributed by atoms with E-state index >= 15 is 0 Å². The van der Waals surface area contributed by atoms with Gasteiger partial charge < -0.3 is 16.4 Å². The number of nitrogens with zero attached hydrogens (tertiary/aromatic N) is 4. The molecular formula is C12H18N6. The van der Waals surface area contributed by atoms with Crippen LogP contribution in [0.2, 0.25) is 0 Å². The largest absolute Gasteiger partial charge is 0.369 e. The molecule has 0 fully saturated rings. The van der Waals surface area contributed by atoms with E-state index in [9.17, 15) is 0 Å². The summed E-state index contributed by atoms with van der Waals surface area (Å²) >= 11 is 0. The zero-order valence-corrected chi connectivity index (χ0v) is 10.3. The van der Waals surface area contributed by atoms with E-state index < -0.39 is 0 Å². The summed E-state index contributed by atoms with van der Waals surface area (Å²) in [5, 5.41) is 8.55. The number of hydrogen-bond acceptors (Lipinski definition) is 4. The van der Waals surface area contributed by atoms with Gasteiger partial charge >= 0.3 is 0 Å². The number of aliphatic imine (C=N–C) groups is 1. The van der Waals surface area contributed by atoms with Crippen molar-refractivity contribution in [2.75, 3.05) is 13.1 Å². The Morgan fingerprint density at radius 1 is 1.50 bits per heavy atom. The van der Waals surface area contributed by atoms with Crippen molar-refractivity contribution in [2.45, 2.75) is 19.4 Å². The van der Waals surface area contributed by atoms with Crippen LogP contribution in [-0.4, -0.2) is 28.9 Å². The predicted octanol–water partition coefficient (Wildman–Crippen LogP) is 0.418. The van der Waals surface area contributed by atoms with Crippen molar-refractivity contribution in [2.24, 2.45) is 16.5 Å². The fraction of sp³-hybridized carbons (Fsp3) is 0.417. The van der Waals surface area contributed by atoms with E-state index in [4.69, 9.17) is 16.7 Å². The molecule has 1 heterocycles. The normalized spacial score (nSPS) is 11.0. The van der Waals surface area contributed by atoms with Gasteiger partial charge in [0, 0.05) is 25.5 Å². The summed E-state index contributed by atoms with van der Waals surface area (Å²) in [4.78, 5) is 9.48. The fourth-order valence-corrected chi connectivity index (χ4v) is 1.56. The van der Waals surface area contributed by atoms with Crippen LogP contribution in [0.5, 0.6) is 0 Å². The van der Waals surface area contributed by atoms with Gasteiger partial charge in [-0.1, -0.05) is 6.07 Å². The lowest BCUT2D eigenvalue weighted by molar-refractivity contribution is 0.395. The average molecular weight is 246 g/mol. The Morgan fingerprint density at radius 2 is 2.33 bits per heavy atom. The molecule has 0 aliphatic rings. The molecule has 0 atom stereocenters. The van der Waals surface area contributed by atoms with Gasteiger partial charge in [-0.3, -0.25) is 4.98 Å². The summed E-state index contributed by atoms with van der Waals surface area (Å²) < 4.78 is 0. The van der Waals surface area contributed by atoms with Gasteiger partial charge in [-0.15, -0.1) is 4.99 Å². The van der Waals surface area contributed by atoms with E-state index in [1.165, 1.54) is 0 Å². The quantitative estimate of drug-likeness (QED) is 0.327. The highest BCUT2D eigenvalue weighted by Gasteiger charge is 2.08. The number of unbranched alkanes of at least 4 members (excludes halogenated alkanes) is 1. The fourth-order valence-electron chi connectivity index (χ4n) is 1.56. The molecule has 6 nitrogen and oxygen atoms in total. The Labute approximate surface area is 107 Å². The van der Waals surface area contributed by atoms with Crippen LogP contribution < -0.4 is 11.5 Å². The standard InChI is InChI=1S/C12H18N6/c13-5-1-2-7-18(12(15)17-10-14)9-11-4-3-6-16-8-11/h3-4,6,8H,1-2,5,7,9,13H2,(H2,15,17).